The van der Waals surface area contributed by atoms with Crippen LogP contribution in [0.2, 0.25) is 0 Å². The minimum absolute atomic E-state index is 0.170. The maximum atomic E-state index is 12.1. The summed E-state index contributed by atoms with van der Waals surface area (Å²) in [7, 11) is 1.48. The number of carbonyl (C=O) groups excluding carboxylic acids is 1. The molecule has 0 bridgehead atoms. The number of ether oxygens (including phenoxy) is 1. The monoisotopic (exact) mass is 250 g/mol. The molecule has 0 spiro atoms. The van der Waals surface area contributed by atoms with Crippen molar-refractivity contribution in [1.82, 2.24) is 10.3 Å². The Morgan fingerprint density at radius 2 is 2.28 bits per heavy atom. The van der Waals surface area contributed by atoms with Crippen LogP contribution >= 0.6 is 0 Å². The smallest absolute Gasteiger partial charge is 0.257 e. The SMILES string of the molecule is COc1ncccc1C(=O)NC1CCCCC1O. The summed E-state index contributed by atoms with van der Waals surface area (Å²) in [5, 5.41) is 12.7. The highest BCUT2D eigenvalue weighted by Gasteiger charge is 2.25. The van der Waals surface area contributed by atoms with Crippen molar-refractivity contribution in [2.24, 2.45) is 0 Å². The Hall–Kier alpha value is -1.62. The average molecular weight is 250 g/mol. The number of rotatable bonds is 3. The number of pyridine rings is 1. The molecular formula is C13H18N2O3. The van der Waals surface area contributed by atoms with E-state index >= 15 is 0 Å². The zero-order valence-corrected chi connectivity index (χ0v) is 10.4. The van der Waals surface area contributed by atoms with Crippen molar-refractivity contribution in [3.05, 3.63) is 23.9 Å². The van der Waals surface area contributed by atoms with E-state index in [9.17, 15) is 9.90 Å². The topological polar surface area (TPSA) is 71.5 Å². The van der Waals surface area contributed by atoms with Gasteiger partial charge in [-0.05, 0) is 25.0 Å². The van der Waals surface area contributed by atoms with Crippen LogP contribution in [0.3, 0.4) is 0 Å². The van der Waals surface area contributed by atoms with Crippen LogP contribution in [0.5, 0.6) is 5.88 Å². The minimum Gasteiger partial charge on any atom is -0.480 e. The van der Waals surface area contributed by atoms with Crippen LogP contribution in [-0.2, 0) is 0 Å². The molecule has 0 radical (unpaired) electrons. The van der Waals surface area contributed by atoms with Gasteiger partial charge in [0.1, 0.15) is 5.56 Å². The minimum atomic E-state index is -0.453. The number of nitrogens with one attached hydrogen (secondary N) is 1. The number of nitrogens with zero attached hydrogens (tertiary/aromatic N) is 1. The third kappa shape index (κ3) is 2.79. The van der Waals surface area contributed by atoms with Crippen molar-refractivity contribution in [2.45, 2.75) is 37.8 Å². The first-order valence-corrected chi connectivity index (χ1v) is 6.20. The summed E-state index contributed by atoms with van der Waals surface area (Å²) in [5.41, 5.74) is 0.401. The van der Waals surface area contributed by atoms with E-state index in [4.69, 9.17) is 4.74 Å². The van der Waals surface area contributed by atoms with E-state index in [-0.39, 0.29) is 11.9 Å². The number of methoxy groups -OCH3 is 1. The number of amides is 1. The van der Waals surface area contributed by atoms with Gasteiger partial charge in [0, 0.05) is 6.20 Å². The van der Waals surface area contributed by atoms with E-state index in [0.29, 0.717) is 11.4 Å². The summed E-state index contributed by atoms with van der Waals surface area (Å²) in [6.07, 6.45) is 4.73. The van der Waals surface area contributed by atoms with Gasteiger partial charge in [0.05, 0.1) is 19.3 Å². The summed E-state index contributed by atoms with van der Waals surface area (Å²) in [6, 6.07) is 3.18. The highest BCUT2D eigenvalue weighted by Crippen LogP contribution is 2.20. The third-order valence-electron chi connectivity index (χ3n) is 3.26. The summed E-state index contributed by atoms with van der Waals surface area (Å²) in [4.78, 5) is 16.1. The lowest BCUT2D eigenvalue weighted by atomic mass is 9.92. The van der Waals surface area contributed by atoms with E-state index in [2.05, 4.69) is 10.3 Å². The largest absolute Gasteiger partial charge is 0.480 e. The number of hydrogen-bond donors (Lipinski definition) is 2. The van der Waals surface area contributed by atoms with Crippen LogP contribution in [0.25, 0.3) is 0 Å². The molecule has 2 atom stereocenters. The molecule has 5 nitrogen and oxygen atoms in total. The van der Waals surface area contributed by atoms with Crippen molar-refractivity contribution in [3.8, 4) is 5.88 Å². The Labute approximate surface area is 106 Å². The molecule has 5 heteroatoms. The number of aliphatic hydroxyl groups excluding tert-OH is 1. The van der Waals surface area contributed by atoms with Crippen molar-refractivity contribution in [2.75, 3.05) is 7.11 Å². The van der Waals surface area contributed by atoms with E-state index < -0.39 is 6.10 Å². The summed E-state index contributed by atoms with van der Waals surface area (Å²) < 4.78 is 5.05. The zero-order chi connectivity index (χ0) is 13.0. The molecular weight excluding hydrogens is 232 g/mol. The summed E-state index contributed by atoms with van der Waals surface area (Å²) >= 11 is 0. The Morgan fingerprint density at radius 3 is 3.00 bits per heavy atom. The molecule has 2 unspecified atom stereocenters. The fraction of sp³-hybridized carbons (Fsp3) is 0.538. The quantitative estimate of drug-likeness (QED) is 0.843. The second-order valence-corrected chi connectivity index (χ2v) is 4.49. The molecule has 1 aromatic heterocycles. The van der Waals surface area contributed by atoms with Crippen LogP contribution < -0.4 is 10.1 Å². The second-order valence-electron chi connectivity index (χ2n) is 4.49. The predicted molar refractivity (Wildman–Crippen MR) is 66.5 cm³/mol. The standard InChI is InChI=1S/C13H18N2O3/c1-18-13-9(5-4-8-14-13)12(17)15-10-6-2-3-7-11(10)16/h4-5,8,10-11,16H,2-3,6-7H2,1H3,(H,15,17). The van der Waals surface area contributed by atoms with Crippen LogP contribution in [-0.4, -0.2) is 35.3 Å². The lowest BCUT2D eigenvalue weighted by molar-refractivity contribution is 0.0714. The van der Waals surface area contributed by atoms with Crippen molar-refractivity contribution in [3.63, 3.8) is 0 Å². The third-order valence-corrected chi connectivity index (χ3v) is 3.26. The van der Waals surface area contributed by atoms with Crippen molar-refractivity contribution >= 4 is 5.91 Å². The molecule has 1 fully saturated rings. The second kappa shape index (κ2) is 5.82. The molecule has 1 amide bonds. The fourth-order valence-electron chi connectivity index (χ4n) is 2.25. The lowest BCUT2D eigenvalue weighted by Crippen LogP contribution is -2.45. The molecule has 2 rings (SSSR count). The van der Waals surface area contributed by atoms with Gasteiger partial charge in [-0.3, -0.25) is 4.79 Å². The van der Waals surface area contributed by atoms with Gasteiger partial charge >= 0.3 is 0 Å². The maximum absolute atomic E-state index is 12.1. The van der Waals surface area contributed by atoms with Crippen molar-refractivity contribution < 1.29 is 14.6 Å². The summed E-state index contributed by atoms with van der Waals surface area (Å²) in [5.74, 6) is 0.0613. The molecule has 2 N–H and O–H groups in total. The molecule has 1 heterocycles. The predicted octanol–water partition coefficient (Wildman–Crippen LogP) is 1.12. The summed E-state index contributed by atoms with van der Waals surface area (Å²) in [6.45, 7) is 0. The molecule has 1 aliphatic rings. The molecule has 98 valence electrons. The first-order chi connectivity index (χ1) is 8.72. The zero-order valence-electron chi connectivity index (χ0n) is 10.4. The Morgan fingerprint density at radius 1 is 1.50 bits per heavy atom. The Bertz CT molecular complexity index is 422. The van der Waals surface area contributed by atoms with E-state index in [1.165, 1.54) is 7.11 Å². The van der Waals surface area contributed by atoms with Gasteiger partial charge < -0.3 is 15.2 Å². The van der Waals surface area contributed by atoms with Crippen LogP contribution in [0.15, 0.2) is 18.3 Å². The van der Waals surface area contributed by atoms with Crippen molar-refractivity contribution in [1.29, 1.82) is 0 Å². The number of carbonyl (C=O) groups is 1. The molecule has 18 heavy (non-hydrogen) atoms. The van der Waals surface area contributed by atoms with Crippen LogP contribution in [0.4, 0.5) is 0 Å². The van der Waals surface area contributed by atoms with E-state index in [1.54, 1.807) is 18.3 Å². The average Bonchev–Trinajstić information content (AvgIpc) is 2.41. The number of aliphatic hydroxyl groups is 1. The molecule has 1 saturated carbocycles. The van der Waals surface area contributed by atoms with Crippen LogP contribution in [0.1, 0.15) is 36.0 Å². The van der Waals surface area contributed by atoms with Gasteiger partial charge in [0.2, 0.25) is 5.88 Å². The number of aromatic nitrogens is 1. The van der Waals surface area contributed by atoms with Crippen LogP contribution in [0, 0.1) is 0 Å². The van der Waals surface area contributed by atoms with Gasteiger partial charge in [0.25, 0.3) is 5.91 Å². The van der Waals surface area contributed by atoms with E-state index in [1.807, 2.05) is 0 Å². The van der Waals surface area contributed by atoms with Gasteiger partial charge in [-0.1, -0.05) is 12.8 Å². The molecule has 0 aromatic carbocycles. The van der Waals surface area contributed by atoms with Gasteiger partial charge in [-0.25, -0.2) is 4.98 Å². The highest BCUT2D eigenvalue weighted by molar-refractivity contribution is 5.96. The Balaban J connectivity index is 2.07. The normalized spacial score (nSPS) is 23.4. The van der Waals surface area contributed by atoms with Gasteiger partial charge in [0.15, 0.2) is 0 Å². The van der Waals surface area contributed by atoms with E-state index in [0.717, 1.165) is 25.7 Å². The molecule has 0 saturated heterocycles. The van der Waals surface area contributed by atoms with Gasteiger partial charge in [-0.15, -0.1) is 0 Å². The fourth-order valence-corrected chi connectivity index (χ4v) is 2.25. The lowest BCUT2D eigenvalue weighted by Gasteiger charge is -2.28. The maximum Gasteiger partial charge on any atom is 0.257 e. The first kappa shape index (κ1) is 12.8. The molecule has 1 aliphatic carbocycles. The van der Waals surface area contributed by atoms with Gasteiger partial charge in [-0.2, -0.15) is 0 Å². The molecule has 1 aromatic rings. The highest BCUT2D eigenvalue weighted by atomic mass is 16.5. The first-order valence-electron chi connectivity index (χ1n) is 6.20. The Kier molecular flexibility index (Phi) is 4.15. The molecule has 0 aliphatic heterocycles. The number of hydrogen-bond acceptors (Lipinski definition) is 4.